The highest BCUT2D eigenvalue weighted by atomic mass is 35.5. The van der Waals surface area contributed by atoms with Crippen molar-refractivity contribution in [2.24, 2.45) is 28.9 Å². The number of nitrogens with two attached hydrogens (primary N) is 1. The van der Waals surface area contributed by atoms with Crippen molar-refractivity contribution in [1.82, 2.24) is 31.9 Å². The molecular formula is C62H94ClN7O19S. The molecule has 2 heterocycles. The number of rotatable bonds is 37. The number of benzene rings is 2. The first kappa shape index (κ1) is 76.2. The van der Waals surface area contributed by atoms with Crippen LogP contribution >= 0.6 is 11.6 Å². The van der Waals surface area contributed by atoms with E-state index in [0.29, 0.717) is 55.5 Å². The van der Waals surface area contributed by atoms with Crippen molar-refractivity contribution in [3.63, 3.8) is 0 Å². The molecule has 26 nitrogen and oxygen atoms in total. The number of halogens is 1. The minimum absolute atomic E-state index is 0.0326. The molecule has 8 atom stereocenters. The van der Waals surface area contributed by atoms with E-state index >= 15 is 0 Å². The molecule has 1 saturated heterocycles. The Labute approximate surface area is 533 Å². The topological polar surface area (TPSA) is 366 Å². The van der Waals surface area contributed by atoms with Crippen LogP contribution < -0.4 is 42.4 Å². The van der Waals surface area contributed by atoms with Crippen LogP contribution in [-0.2, 0) is 94.6 Å². The van der Waals surface area contributed by atoms with Crippen LogP contribution in [0.2, 0.25) is 5.02 Å². The van der Waals surface area contributed by atoms with Crippen LogP contribution in [0.15, 0.2) is 54.6 Å². The van der Waals surface area contributed by atoms with Gasteiger partial charge in [0.05, 0.1) is 88.3 Å². The molecular weight excluding hydrogens is 1210 g/mol. The minimum atomic E-state index is -4.14. The van der Waals surface area contributed by atoms with Crippen LogP contribution in [0.5, 0.6) is 5.75 Å². The van der Waals surface area contributed by atoms with Gasteiger partial charge in [0.25, 0.3) is 10.1 Å². The average Bonchev–Trinajstić information content (AvgIpc) is 2.09. The summed E-state index contributed by atoms with van der Waals surface area (Å²) in [6, 6.07) is 9.68. The van der Waals surface area contributed by atoms with Crippen LogP contribution in [-0.4, -0.2) is 182 Å². The van der Waals surface area contributed by atoms with Crippen molar-refractivity contribution < 1.29 is 89.2 Å². The smallest absolute Gasteiger partial charge is 0.347 e. The summed E-state index contributed by atoms with van der Waals surface area (Å²) in [5, 5.41) is 16.8. The Morgan fingerprint density at radius 2 is 1.40 bits per heavy atom. The second-order valence-corrected chi connectivity index (χ2v) is 25.6. The number of hydrogen-bond donors (Lipinski definition) is 8. The Balaban J connectivity index is 1.25. The van der Waals surface area contributed by atoms with Gasteiger partial charge in [-0.3, -0.25) is 38.1 Å². The molecule has 28 heteroatoms. The largest absolute Gasteiger partial charge is 0.495 e. The monoisotopic (exact) mass is 1310 g/mol. The highest BCUT2D eigenvalue weighted by Crippen LogP contribution is 2.45. The van der Waals surface area contributed by atoms with Crippen LogP contribution in [0.25, 0.3) is 0 Å². The zero-order valence-electron chi connectivity index (χ0n) is 53.0. The molecule has 0 spiro atoms. The van der Waals surface area contributed by atoms with Gasteiger partial charge in [-0.15, -0.1) is 0 Å². The van der Waals surface area contributed by atoms with Crippen LogP contribution in [0.4, 0.5) is 0 Å². The predicted molar refractivity (Wildman–Crippen MR) is 332 cm³/mol. The van der Waals surface area contributed by atoms with E-state index in [4.69, 9.17) is 59.8 Å². The van der Waals surface area contributed by atoms with E-state index in [1.54, 1.807) is 38.1 Å². The second-order valence-electron chi connectivity index (χ2n) is 23.6. The first-order valence-corrected chi connectivity index (χ1v) is 32.5. The normalized spacial score (nSPS) is 20.3. The average molecular weight is 1310 g/mol. The Morgan fingerprint density at radius 1 is 0.800 bits per heavy atom. The van der Waals surface area contributed by atoms with E-state index in [9.17, 15) is 46.8 Å². The predicted octanol–water partition coefficient (Wildman–Crippen LogP) is 3.35. The van der Waals surface area contributed by atoms with Crippen LogP contribution in [0, 0.1) is 23.2 Å². The van der Waals surface area contributed by atoms with Gasteiger partial charge in [0.15, 0.2) is 6.10 Å². The van der Waals surface area contributed by atoms with E-state index in [2.05, 4.69) is 31.9 Å². The molecule has 2 aromatic carbocycles. The summed E-state index contributed by atoms with van der Waals surface area (Å²) in [4.78, 5) is 106. The first-order valence-electron chi connectivity index (χ1n) is 30.5. The molecule has 2 aromatic rings. The summed E-state index contributed by atoms with van der Waals surface area (Å²) in [5.74, 6) is -4.87. The minimum Gasteiger partial charge on any atom is -0.495 e. The Bertz CT molecular complexity index is 2790. The molecule has 0 saturated carbocycles. The molecule has 504 valence electrons. The zero-order chi connectivity index (χ0) is 66.4. The van der Waals surface area contributed by atoms with Crippen molar-refractivity contribution in [2.75, 3.05) is 85.4 Å². The van der Waals surface area contributed by atoms with Gasteiger partial charge in [0, 0.05) is 57.8 Å². The summed E-state index contributed by atoms with van der Waals surface area (Å²) in [6.07, 6.45) is 1.72. The van der Waals surface area contributed by atoms with Crippen molar-refractivity contribution in [3.8, 4) is 5.75 Å². The molecule has 9 N–H and O–H groups in total. The van der Waals surface area contributed by atoms with Gasteiger partial charge >= 0.3 is 11.9 Å². The number of ether oxygens (including phenoxy) is 8. The third-order valence-corrected chi connectivity index (χ3v) is 15.7. The van der Waals surface area contributed by atoms with Gasteiger partial charge in [0.2, 0.25) is 35.4 Å². The Hall–Kier alpha value is -6.30. The lowest BCUT2D eigenvalue weighted by molar-refractivity contribution is -0.179. The number of nitrogens with one attached hydrogen (secondary N) is 6. The number of methoxy groups -OCH3 is 1. The summed E-state index contributed by atoms with van der Waals surface area (Å²) >= 11 is 6.39. The van der Waals surface area contributed by atoms with Gasteiger partial charge in [-0.1, -0.05) is 82.6 Å². The number of amides is 6. The molecule has 0 bridgehead atoms. The molecule has 6 amide bonds. The van der Waals surface area contributed by atoms with E-state index in [1.807, 2.05) is 58.9 Å². The fourth-order valence-electron chi connectivity index (χ4n) is 9.09. The number of cyclic esters (lactones) is 2. The summed E-state index contributed by atoms with van der Waals surface area (Å²) in [7, 11) is -2.66. The van der Waals surface area contributed by atoms with Gasteiger partial charge < -0.3 is 75.5 Å². The lowest BCUT2D eigenvalue weighted by Gasteiger charge is -2.29. The maximum atomic E-state index is 14.0. The van der Waals surface area contributed by atoms with Gasteiger partial charge in [-0.2, -0.15) is 8.42 Å². The fourth-order valence-corrected chi connectivity index (χ4v) is 9.73. The number of carbonyl (C=O) groups excluding carboxylic acids is 8. The maximum absolute atomic E-state index is 14.0. The number of hydrogen-bond acceptors (Lipinski definition) is 19. The van der Waals surface area contributed by atoms with E-state index in [1.165, 1.54) is 13.2 Å². The zero-order valence-corrected chi connectivity index (χ0v) is 54.6. The number of esters is 2. The molecule has 1 unspecified atom stereocenters. The standard InChI is InChI=1S/C62H94ClN7O19S/c1-39(2)34-50-60(77)87-48(13-11-14-53(73)69-47(36-43-17-20-49(82-8)45(63)35-43)58(75)68-38-62(6,7)61(78)88-50)41(5)55-56(89-55)44-18-15-42(16-19-44)37-67-57(74)46(70-59(76)54(64)40(3)4)12-9-10-23-65-51(71)21-25-83-27-29-85-31-32-86-30-28-84-26-22-52(72)66-24-33-90(79,80)81/h11,14-20,35,39-41,46-48,50,54-56H,9-10,12-13,21-34,36-38,64H2,1-8H3,(H,65,71)(H,66,72)(H,67,74)(H,68,75)(H,69,73)(H,70,76)(H,79,80,81)/b14-11+/t41-,46-,47?,48-,50-,54-,55+,56+/m0/s1. The molecule has 2 aliphatic rings. The highest BCUT2D eigenvalue weighted by molar-refractivity contribution is 7.85. The van der Waals surface area contributed by atoms with Crippen molar-refractivity contribution in [1.29, 1.82) is 0 Å². The number of carbonyl (C=O) groups is 8. The van der Waals surface area contributed by atoms with Gasteiger partial charge in [0.1, 0.15) is 30.0 Å². The van der Waals surface area contributed by atoms with Crippen molar-refractivity contribution in [2.45, 2.75) is 149 Å². The van der Waals surface area contributed by atoms with Crippen LogP contribution in [0.3, 0.4) is 0 Å². The highest BCUT2D eigenvalue weighted by Gasteiger charge is 2.48. The van der Waals surface area contributed by atoms with E-state index in [-0.39, 0.29) is 115 Å². The lowest BCUT2D eigenvalue weighted by Crippen LogP contribution is -2.52. The summed E-state index contributed by atoms with van der Waals surface area (Å²) in [5.41, 5.74) is 7.09. The van der Waals surface area contributed by atoms with Crippen LogP contribution in [0.1, 0.15) is 116 Å². The molecule has 0 radical (unpaired) electrons. The Kier molecular flexibility index (Phi) is 33.2. The molecule has 2 aliphatic heterocycles. The van der Waals surface area contributed by atoms with Crippen molar-refractivity contribution >= 4 is 69.1 Å². The first-order chi connectivity index (χ1) is 42.7. The molecule has 90 heavy (non-hydrogen) atoms. The summed E-state index contributed by atoms with van der Waals surface area (Å²) in [6.45, 7) is 14.6. The number of epoxide rings is 1. The third kappa shape index (κ3) is 28.9. The molecule has 0 aliphatic carbocycles. The van der Waals surface area contributed by atoms with Gasteiger partial charge in [-0.25, -0.2) is 4.79 Å². The van der Waals surface area contributed by atoms with Crippen molar-refractivity contribution in [3.05, 3.63) is 76.3 Å². The molecule has 0 aromatic heterocycles. The summed E-state index contributed by atoms with van der Waals surface area (Å²) < 4.78 is 75.3. The third-order valence-electron chi connectivity index (χ3n) is 14.7. The lowest BCUT2D eigenvalue weighted by atomic mass is 9.92. The quantitative estimate of drug-likeness (QED) is 0.0208. The second kappa shape index (κ2) is 39.2. The fraction of sp³-hybridized carbons (Fsp3) is 0.645. The molecule has 4 rings (SSSR count). The maximum Gasteiger partial charge on any atom is 0.347 e. The number of unbranched alkanes of at least 4 members (excludes halogenated alkanes) is 1. The van der Waals surface area contributed by atoms with E-state index < -0.39 is 105 Å². The SMILES string of the molecule is COc1ccc(CC2NC(=O)/C=C/C[C@@H]([C@H](C)[C@H]3O[C@@H]3c3ccc(CNC(=O)[C@H](CCCCNC(=O)CCOCCOCCOCCOCCC(=O)NCCS(=O)(=O)O)NC(=O)[C@@H](N)C(C)C)cc3)OC(=O)[C@H](CC(C)C)OC(=O)C(C)(C)CNC2=O)cc1Cl. The van der Waals surface area contributed by atoms with E-state index in [0.717, 1.165) is 11.1 Å². The Morgan fingerprint density at radius 3 is 1.98 bits per heavy atom. The molecule has 1 fully saturated rings. The van der Waals surface area contributed by atoms with Gasteiger partial charge in [-0.05, 0) is 86.3 Å².